The minimum atomic E-state index is 0.879. The third kappa shape index (κ3) is 4.70. The Hall–Kier alpha value is -6.16. The van der Waals surface area contributed by atoms with Crippen LogP contribution in [0.3, 0.4) is 0 Å². The number of furan rings is 1. The van der Waals surface area contributed by atoms with Crippen molar-refractivity contribution in [3.05, 3.63) is 176 Å². The molecule has 10 rings (SSSR count). The second-order valence-corrected chi connectivity index (χ2v) is 13.6. The molecule has 49 heavy (non-hydrogen) atoms. The van der Waals surface area contributed by atoms with Gasteiger partial charge in [0.25, 0.3) is 0 Å². The molecule has 8 aromatic carbocycles. The highest BCUT2D eigenvalue weighted by atomic mass is 32.1. The molecule has 2 nitrogen and oxygen atoms in total. The SMILES string of the molecule is c1ccc2cc(-c3ccc(N(c4ccc(-c5ccc6sc7ccccc7c6c5)cc4)c4cccc5oc6ccccc6c45)cc3)ccc2c1. The molecule has 0 aliphatic rings. The van der Waals surface area contributed by atoms with Gasteiger partial charge in [-0.05, 0) is 99.8 Å². The Morgan fingerprint density at radius 2 is 0.980 bits per heavy atom. The van der Waals surface area contributed by atoms with Crippen molar-refractivity contribution in [3.63, 3.8) is 0 Å². The Kier molecular flexibility index (Phi) is 6.39. The van der Waals surface area contributed by atoms with Gasteiger partial charge in [0, 0.05) is 36.9 Å². The van der Waals surface area contributed by atoms with Crippen molar-refractivity contribution in [3.8, 4) is 22.3 Å². The van der Waals surface area contributed by atoms with Crippen molar-refractivity contribution in [2.75, 3.05) is 4.90 Å². The maximum Gasteiger partial charge on any atom is 0.137 e. The lowest BCUT2D eigenvalue weighted by Crippen LogP contribution is -2.10. The average Bonchev–Trinajstić information content (AvgIpc) is 3.74. The van der Waals surface area contributed by atoms with E-state index < -0.39 is 0 Å². The van der Waals surface area contributed by atoms with Gasteiger partial charge in [0.2, 0.25) is 0 Å². The average molecular weight is 644 g/mol. The van der Waals surface area contributed by atoms with Crippen LogP contribution in [0.4, 0.5) is 17.1 Å². The molecule has 2 aromatic heterocycles. The van der Waals surface area contributed by atoms with Crippen molar-refractivity contribution in [1.29, 1.82) is 0 Å². The fourth-order valence-electron chi connectivity index (χ4n) is 7.25. The Bertz CT molecular complexity index is 2820. The van der Waals surface area contributed by atoms with Crippen LogP contribution in [0.15, 0.2) is 180 Å². The summed E-state index contributed by atoms with van der Waals surface area (Å²) < 4.78 is 8.98. The molecule has 0 aliphatic carbocycles. The van der Waals surface area contributed by atoms with Gasteiger partial charge in [-0.1, -0.05) is 109 Å². The first-order chi connectivity index (χ1) is 24.3. The highest BCUT2D eigenvalue weighted by Gasteiger charge is 2.19. The van der Waals surface area contributed by atoms with Crippen LogP contribution in [-0.2, 0) is 0 Å². The molecule has 230 valence electrons. The van der Waals surface area contributed by atoms with E-state index in [-0.39, 0.29) is 0 Å². The van der Waals surface area contributed by atoms with E-state index in [0.717, 1.165) is 39.0 Å². The summed E-state index contributed by atoms with van der Waals surface area (Å²) in [6.45, 7) is 0. The van der Waals surface area contributed by atoms with Gasteiger partial charge in [0.05, 0.1) is 11.1 Å². The van der Waals surface area contributed by atoms with Gasteiger partial charge in [-0.15, -0.1) is 11.3 Å². The molecule has 0 saturated heterocycles. The standard InChI is InChI=1S/C46H29NOS/c1-2-9-33-28-34(17-16-30(33)8-1)31-18-23-36(24-19-31)47(41-12-7-14-43-46(41)39-11-3-5-13-42(39)48-43)37-25-20-32(21-26-37)35-22-27-45-40(29-35)38-10-4-6-15-44(38)49-45/h1-29H. The molecule has 3 heteroatoms. The van der Waals surface area contributed by atoms with Gasteiger partial charge < -0.3 is 9.32 Å². The molecule has 0 atom stereocenters. The summed E-state index contributed by atoms with van der Waals surface area (Å²) in [4.78, 5) is 2.35. The summed E-state index contributed by atoms with van der Waals surface area (Å²) >= 11 is 1.85. The van der Waals surface area contributed by atoms with Crippen molar-refractivity contribution in [2.24, 2.45) is 0 Å². The summed E-state index contributed by atoms with van der Waals surface area (Å²) in [5.41, 5.74) is 9.83. The highest BCUT2D eigenvalue weighted by Crippen LogP contribution is 2.44. The van der Waals surface area contributed by atoms with E-state index in [0.29, 0.717) is 0 Å². The molecular formula is C46H29NOS. The molecule has 0 spiro atoms. The minimum absolute atomic E-state index is 0.879. The molecule has 0 bridgehead atoms. The maximum atomic E-state index is 6.34. The van der Waals surface area contributed by atoms with Crippen LogP contribution in [0.5, 0.6) is 0 Å². The first kappa shape index (κ1) is 27.9. The number of hydrogen-bond donors (Lipinski definition) is 0. The Labute approximate surface area is 287 Å². The van der Waals surface area contributed by atoms with E-state index >= 15 is 0 Å². The largest absolute Gasteiger partial charge is 0.456 e. The van der Waals surface area contributed by atoms with Gasteiger partial charge in [0.1, 0.15) is 11.2 Å². The molecule has 0 N–H and O–H groups in total. The fourth-order valence-corrected chi connectivity index (χ4v) is 8.34. The third-order valence-electron chi connectivity index (χ3n) is 9.67. The summed E-state index contributed by atoms with van der Waals surface area (Å²) in [6, 6.07) is 63.3. The first-order valence-electron chi connectivity index (χ1n) is 16.6. The number of thiophene rings is 1. The van der Waals surface area contributed by atoms with E-state index in [1.807, 2.05) is 23.5 Å². The van der Waals surface area contributed by atoms with Crippen molar-refractivity contribution in [2.45, 2.75) is 0 Å². The van der Waals surface area contributed by atoms with E-state index in [2.05, 4.69) is 169 Å². The number of hydrogen-bond acceptors (Lipinski definition) is 3. The van der Waals surface area contributed by atoms with Crippen molar-refractivity contribution < 1.29 is 4.42 Å². The van der Waals surface area contributed by atoms with E-state index in [1.54, 1.807) is 0 Å². The topological polar surface area (TPSA) is 16.4 Å². The van der Waals surface area contributed by atoms with Crippen LogP contribution in [0.25, 0.3) is 75.1 Å². The predicted octanol–water partition coefficient (Wildman–Crippen LogP) is 13.9. The molecule has 10 aromatic rings. The predicted molar refractivity (Wildman–Crippen MR) is 210 cm³/mol. The summed E-state index contributed by atoms with van der Waals surface area (Å²) in [5, 5.41) is 7.35. The van der Waals surface area contributed by atoms with E-state index in [1.165, 1.54) is 53.2 Å². The van der Waals surface area contributed by atoms with Gasteiger partial charge >= 0.3 is 0 Å². The fraction of sp³-hybridized carbons (Fsp3) is 0. The smallest absolute Gasteiger partial charge is 0.137 e. The molecule has 0 unspecified atom stereocenters. The second-order valence-electron chi connectivity index (χ2n) is 12.5. The molecule has 0 radical (unpaired) electrons. The number of para-hydroxylation sites is 1. The zero-order chi connectivity index (χ0) is 32.3. The normalized spacial score (nSPS) is 11.7. The lowest BCUT2D eigenvalue weighted by atomic mass is 10.00. The van der Waals surface area contributed by atoms with Crippen molar-refractivity contribution in [1.82, 2.24) is 0 Å². The van der Waals surface area contributed by atoms with Crippen LogP contribution in [-0.4, -0.2) is 0 Å². The molecule has 0 aliphatic heterocycles. The zero-order valence-corrected chi connectivity index (χ0v) is 27.3. The molecule has 0 fully saturated rings. The lowest BCUT2D eigenvalue weighted by Gasteiger charge is -2.26. The Morgan fingerprint density at radius 1 is 0.388 bits per heavy atom. The van der Waals surface area contributed by atoms with Crippen molar-refractivity contribution >= 4 is 81.3 Å². The van der Waals surface area contributed by atoms with Gasteiger partial charge in [-0.25, -0.2) is 0 Å². The van der Waals surface area contributed by atoms with Crippen LogP contribution in [0, 0.1) is 0 Å². The Balaban J connectivity index is 1.10. The molecule has 0 saturated carbocycles. The molecule has 2 heterocycles. The first-order valence-corrected chi connectivity index (χ1v) is 17.4. The van der Waals surface area contributed by atoms with Gasteiger partial charge in [-0.2, -0.15) is 0 Å². The second kappa shape index (κ2) is 11.2. The number of benzene rings is 8. The molecular weight excluding hydrogens is 615 g/mol. The third-order valence-corrected chi connectivity index (χ3v) is 10.8. The summed E-state index contributed by atoms with van der Waals surface area (Å²) in [5.74, 6) is 0. The van der Waals surface area contributed by atoms with Crippen LogP contribution >= 0.6 is 11.3 Å². The van der Waals surface area contributed by atoms with E-state index in [4.69, 9.17) is 4.42 Å². The number of anilines is 3. The number of nitrogens with zero attached hydrogens (tertiary/aromatic N) is 1. The minimum Gasteiger partial charge on any atom is -0.456 e. The number of rotatable bonds is 5. The van der Waals surface area contributed by atoms with Crippen LogP contribution in [0.2, 0.25) is 0 Å². The zero-order valence-electron chi connectivity index (χ0n) is 26.5. The lowest BCUT2D eigenvalue weighted by molar-refractivity contribution is 0.669. The maximum absolute atomic E-state index is 6.34. The van der Waals surface area contributed by atoms with Crippen LogP contribution in [0.1, 0.15) is 0 Å². The monoisotopic (exact) mass is 643 g/mol. The quantitative estimate of drug-likeness (QED) is 0.186. The summed E-state index contributed by atoms with van der Waals surface area (Å²) in [6.07, 6.45) is 0. The number of fused-ring (bicyclic) bond motifs is 7. The van der Waals surface area contributed by atoms with E-state index in [9.17, 15) is 0 Å². The molecule has 0 amide bonds. The van der Waals surface area contributed by atoms with Crippen LogP contribution < -0.4 is 4.90 Å². The summed E-state index contributed by atoms with van der Waals surface area (Å²) in [7, 11) is 0. The highest BCUT2D eigenvalue weighted by molar-refractivity contribution is 7.25. The Morgan fingerprint density at radius 3 is 1.78 bits per heavy atom. The van der Waals surface area contributed by atoms with Gasteiger partial charge in [0.15, 0.2) is 0 Å². The van der Waals surface area contributed by atoms with Gasteiger partial charge in [-0.3, -0.25) is 0 Å².